The van der Waals surface area contributed by atoms with Crippen LogP contribution in [0.15, 0.2) is 36.6 Å². The van der Waals surface area contributed by atoms with Crippen LogP contribution in [0, 0.1) is 17.6 Å². The zero-order valence-corrected chi connectivity index (χ0v) is 16.5. The summed E-state index contributed by atoms with van der Waals surface area (Å²) in [5.74, 6) is -1.61. The molecule has 0 bridgehead atoms. The quantitative estimate of drug-likeness (QED) is 0.715. The van der Waals surface area contributed by atoms with E-state index in [1.807, 2.05) is 0 Å². The number of nitrogens with zero attached hydrogens (tertiary/aromatic N) is 1. The van der Waals surface area contributed by atoms with Crippen molar-refractivity contribution in [3.8, 4) is 0 Å². The smallest absolute Gasteiger partial charge is 0.241 e. The Morgan fingerprint density at radius 1 is 1.21 bits per heavy atom. The van der Waals surface area contributed by atoms with E-state index >= 15 is 0 Å². The molecule has 29 heavy (non-hydrogen) atoms. The third kappa shape index (κ3) is 4.82. The molecule has 0 spiro atoms. The van der Waals surface area contributed by atoms with Gasteiger partial charge in [0.1, 0.15) is 17.8 Å². The number of benzene rings is 1. The number of nitrogens with one attached hydrogen (secondary N) is 2. The lowest BCUT2D eigenvalue weighted by molar-refractivity contribution is -0.132. The third-order valence-corrected chi connectivity index (χ3v) is 5.65. The highest BCUT2D eigenvalue weighted by atomic mass is 19.1. The molecule has 2 heterocycles. The fraction of sp³-hybridized carbons (Fsp3) is 0.429. The molecule has 6 nitrogen and oxygen atoms in total. The number of halogens is 2. The van der Waals surface area contributed by atoms with Gasteiger partial charge in [-0.3, -0.25) is 9.59 Å². The average Bonchev–Trinajstić information content (AvgIpc) is 2.67. The van der Waals surface area contributed by atoms with E-state index in [4.69, 9.17) is 5.73 Å². The highest BCUT2D eigenvalue weighted by Gasteiger charge is 2.40. The van der Waals surface area contributed by atoms with Crippen LogP contribution >= 0.6 is 0 Å². The highest BCUT2D eigenvalue weighted by molar-refractivity contribution is 5.87. The first-order valence-corrected chi connectivity index (χ1v) is 9.63. The minimum Gasteiger partial charge on any atom is -0.368 e. The second-order valence-electron chi connectivity index (χ2n) is 7.80. The minimum atomic E-state index is -1.08. The number of hydrogen-bond donors (Lipinski definition) is 3. The van der Waals surface area contributed by atoms with Crippen molar-refractivity contribution in [3.63, 3.8) is 0 Å². The summed E-state index contributed by atoms with van der Waals surface area (Å²) in [6.45, 7) is 4.44. The summed E-state index contributed by atoms with van der Waals surface area (Å²) in [5.41, 5.74) is 6.28. The molecular weight excluding hydrogens is 378 g/mol. The molecule has 2 amide bonds. The maximum atomic E-state index is 13.4. The molecule has 1 aromatic rings. The van der Waals surface area contributed by atoms with Crippen molar-refractivity contribution in [2.24, 2.45) is 11.7 Å². The van der Waals surface area contributed by atoms with Gasteiger partial charge in [0.05, 0.1) is 5.54 Å². The van der Waals surface area contributed by atoms with Gasteiger partial charge in [-0.1, -0.05) is 6.08 Å². The van der Waals surface area contributed by atoms with Gasteiger partial charge in [0, 0.05) is 32.3 Å². The Bertz CT molecular complexity index is 838. The standard InChI is InChI=1S/C21H26F2N4O2/c1-13(28)27-7-5-16(6-8-27)21(2,24)20(29)26-19-4-3-14(12-25-19)15-9-17(22)11-18(23)10-15/h3-4,9-12,16,19,25H,5-8,24H2,1-2H3,(H,26,29). The van der Waals surface area contributed by atoms with Gasteiger partial charge < -0.3 is 21.3 Å². The number of dihydropyridines is 1. The van der Waals surface area contributed by atoms with Crippen molar-refractivity contribution >= 4 is 17.4 Å². The molecule has 2 aliphatic heterocycles. The first-order valence-electron chi connectivity index (χ1n) is 9.63. The second kappa shape index (κ2) is 8.32. The zero-order chi connectivity index (χ0) is 21.2. The van der Waals surface area contributed by atoms with Gasteiger partial charge in [-0.15, -0.1) is 0 Å². The first-order chi connectivity index (χ1) is 13.7. The number of piperidine rings is 1. The molecular formula is C21H26F2N4O2. The van der Waals surface area contributed by atoms with Crippen molar-refractivity contribution in [2.75, 3.05) is 13.1 Å². The molecule has 1 aromatic carbocycles. The van der Waals surface area contributed by atoms with E-state index in [-0.39, 0.29) is 17.7 Å². The monoisotopic (exact) mass is 404 g/mol. The van der Waals surface area contributed by atoms with Crippen LogP contribution in [0.25, 0.3) is 5.57 Å². The molecule has 2 aliphatic rings. The molecule has 1 fully saturated rings. The predicted molar refractivity (Wildman–Crippen MR) is 106 cm³/mol. The fourth-order valence-electron chi connectivity index (χ4n) is 3.75. The average molecular weight is 404 g/mol. The molecule has 0 saturated carbocycles. The van der Waals surface area contributed by atoms with E-state index in [0.29, 0.717) is 37.1 Å². The number of hydrogen-bond acceptors (Lipinski definition) is 4. The number of rotatable bonds is 4. The molecule has 0 radical (unpaired) electrons. The highest BCUT2D eigenvalue weighted by Crippen LogP contribution is 2.27. The summed E-state index contributed by atoms with van der Waals surface area (Å²) in [6, 6.07) is 3.30. The number of likely N-dealkylation sites (tertiary alicyclic amines) is 1. The number of nitrogens with two attached hydrogens (primary N) is 1. The summed E-state index contributed by atoms with van der Waals surface area (Å²) in [5, 5.41) is 5.85. The van der Waals surface area contributed by atoms with Crippen molar-refractivity contribution in [1.82, 2.24) is 15.5 Å². The molecule has 0 aliphatic carbocycles. The predicted octanol–water partition coefficient (Wildman–Crippen LogP) is 1.88. The summed E-state index contributed by atoms with van der Waals surface area (Å²) >= 11 is 0. The van der Waals surface area contributed by atoms with Gasteiger partial charge in [-0.25, -0.2) is 8.78 Å². The van der Waals surface area contributed by atoms with Gasteiger partial charge in [0.15, 0.2) is 0 Å². The largest absolute Gasteiger partial charge is 0.368 e. The lowest BCUT2D eigenvalue weighted by Gasteiger charge is -2.39. The van der Waals surface area contributed by atoms with Crippen LogP contribution in [0.3, 0.4) is 0 Å². The molecule has 2 unspecified atom stereocenters. The molecule has 156 valence electrons. The van der Waals surface area contributed by atoms with E-state index in [1.165, 1.54) is 19.1 Å². The lowest BCUT2D eigenvalue weighted by atomic mass is 9.79. The van der Waals surface area contributed by atoms with Crippen molar-refractivity contribution < 1.29 is 18.4 Å². The minimum absolute atomic E-state index is 0.0314. The van der Waals surface area contributed by atoms with Crippen LogP contribution in [0.4, 0.5) is 8.78 Å². The Hall–Kier alpha value is -2.74. The summed E-state index contributed by atoms with van der Waals surface area (Å²) < 4.78 is 26.8. The van der Waals surface area contributed by atoms with E-state index in [2.05, 4.69) is 10.6 Å². The van der Waals surface area contributed by atoms with E-state index in [1.54, 1.807) is 30.2 Å². The zero-order valence-electron chi connectivity index (χ0n) is 16.5. The lowest BCUT2D eigenvalue weighted by Crippen LogP contribution is -2.61. The van der Waals surface area contributed by atoms with E-state index < -0.39 is 23.3 Å². The van der Waals surface area contributed by atoms with E-state index in [9.17, 15) is 18.4 Å². The Labute approximate surface area is 168 Å². The number of carbonyl (C=O) groups is 2. The number of amides is 2. The van der Waals surface area contributed by atoms with Crippen LogP contribution in [0.5, 0.6) is 0 Å². The summed E-state index contributed by atoms with van der Waals surface area (Å²) in [4.78, 5) is 26.0. The number of allylic oxidation sites excluding steroid dienone is 2. The van der Waals surface area contributed by atoms with Crippen molar-refractivity contribution in [1.29, 1.82) is 0 Å². The number of carbonyl (C=O) groups excluding carboxylic acids is 2. The third-order valence-electron chi connectivity index (χ3n) is 5.65. The van der Waals surface area contributed by atoms with Crippen LogP contribution in [0.1, 0.15) is 32.3 Å². The van der Waals surface area contributed by atoms with Crippen molar-refractivity contribution in [3.05, 3.63) is 53.7 Å². The molecule has 4 N–H and O–H groups in total. The van der Waals surface area contributed by atoms with Crippen LogP contribution in [-0.2, 0) is 9.59 Å². The normalized spacial score (nSPS) is 21.8. The second-order valence-corrected chi connectivity index (χ2v) is 7.80. The first kappa shape index (κ1) is 21.0. The van der Waals surface area contributed by atoms with Gasteiger partial charge in [-0.05, 0) is 55.0 Å². The SMILES string of the molecule is CC(=O)N1CCC(C(C)(N)C(=O)NC2C=CC(c3cc(F)cc(F)c3)=CN2)CC1. The molecule has 2 atom stereocenters. The molecule has 8 heteroatoms. The Balaban J connectivity index is 1.58. The summed E-state index contributed by atoms with van der Waals surface area (Å²) in [6.07, 6.45) is 5.84. The van der Waals surface area contributed by atoms with Crippen LogP contribution in [-0.4, -0.2) is 41.5 Å². The summed E-state index contributed by atoms with van der Waals surface area (Å²) in [7, 11) is 0. The fourth-order valence-corrected chi connectivity index (χ4v) is 3.75. The van der Waals surface area contributed by atoms with Crippen molar-refractivity contribution in [2.45, 2.75) is 38.4 Å². The molecule has 1 saturated heterocycles. The topological polar surface area (TPSA) is 87.5 Å². The molecule has 0 aromatic heterocycles. The van der Waals surface area contributed by atoms with Gasteiger partial charge >= 0.3 is 0 Å². The van der Waals surface area contributed by atoms with Gasteiger partial charge in [0.25, 0.3) is 0 Å². The Morgan fingerprint density at radius 3 is 2.34 bits per heavy atom. The Kier molecular flexibility index (Phi) is 6.02. The maximum Gasteiger partial charge on any atom is 0.241 e. The van der Waals surface area contributed by atoms with E-state index in [0.717, 1.165) is 6.07 Å². The Morgan fingerprint density at radius 2 is 1.83 bits per heavy atom. The van der Waals surface area contributed by atoms with Crippen LogP contribution in [0.2, 0.25) is 0 Å². The maximum absolute atomic E-state index is 13.4. The van der Waals surface area contributed by atoms with Gasteiger partial charge in [0.2, 0.25) is 11.8 Å². The van der Waals surface area contributed by atoms with Gasteiger partial charge in [-0.2, -0.15) is 0 Å². The van der Waals surface area contributed by atoms with Crippen LogP contribution < -0.4 is 16.4 Å². The molecule has 3 rings (SSSR count).